The Morgan fingerprint density at radius 3 is 2.31 bits per heavy atom. The maximum absolute atomic E-state index is 5.53. The molecule has 0 aromatic heterocycles. The van der Waals surface area contributed by atoms with Crippen LogP contribution >= 0.6 is 0 Å². The molecule has 0 aliphatic rings. The molecule has 13 heavy (non-hydrogen) atoms. The highest BCUT2D eigenvalue weighted by Gasteiger charge is 2.23. The molecular weight excluding hydrogens is 164 g/mol. The van der Waals surface area contributed by atoms with Crippen molar-refractivity contribution in [2.75, 3.05) is 7.11 Å². The number of nitrogens with one attached hydrogen (secondary N) is 1. The highest BCUT2D eigenvalue weighted by atomic mass is 16.5. The summed E-state index contributed by atoms with van der Waals surface area (Å²) in [5, 5.41) is 0. The van der Waals surface area contributed by atoms with Crippen LogP contribution in [0.15, 0.2) is 0 Å². The van der Waals surface area contributed by atoms with E-state index in [2.05, 4.69) is 26.2 Å². The van der Waals surface area contributed by atoms with Gasteiger partial charge < -0.3 is 4.74 Å². The molecule has 3 heteroatoms. The summed E-state index contributed by atoms with van der Waals surface area (Å²) < 4.78 is 5.38. The molecule has 80 valence electrons. The lowest BCUT2D eigenvalue weighted by atomic mass is 9.92. The average molecular weight is 188 g/mol. The fraction of sp³-hybridized carbons (Fsp3) is 1.00. The Bertz CT molecular complexity index is 115. The molecule has 0 bridgehead atoms. The van der Waals surface area contributed by atoms with E-state index in [1.54, 1.807) is 7.11 Å². The van der Waals surface area contributed by atoms with Crippen LogP contribution in [0, 0.1) is 5.92 Å². The van der Waals surface area contributed by atoms with Crippen LogP contribution in [0.25, 0.3) is 0 Å². The molecule has 0 heterocycles. The minimum absolute atomic E-state index is 0.228. The number of rotatable bonds is 7. The third kappa shape index (κ3) is 4.07. The molecule has 0 spiro atoms. The lowest BCUT2D eigenvalue weighted by Crippen LogP contribution is -2.48. The van der Waals surface area contributed by atoms with Gasteiger partial charge in [-0.25, -0.2) is 0 Å². The molecule has 0 amide bonds. The van der Waals surface area contributed by atoms with Crippen LogP contribution in [0.5, 0.6) is 0 Å². The van der Waals surface area contributed by atoms with Gasteiger partial charge in [0.25, 0.3) is 0 Å². The first kappa shape index (κ1) is 12.9. The van der Waals surface area contributed by atoms with Crippen LogP contribution in [0.1, 0.15) is 40.0 Å². The zero-order valence-corrected chi connectivity index (χ0v) is 9.34. The summed E-state index contributed by atoms with van der Waals surface area (Å²) in [6, 6.07) is 0.273. The summed E-state index contributed by atoms with van der Waals surface area (Å²) >= 11 is 0. The zero-order valence-electron chi connectivity index (χ0n) is 9.34. The van der Waals surface area contributed by atoms with E-state index in [4.69, 9.17) is 10.6 Å². The van der Waals surface area contributed by atoms with Crippen molar-refractivity contribution >= 4 is 0 Å². The van der Waals surface area contributed by atoms with E-state index < -0.39 is 0 Å². The summed E-state index contributed by atoms with van der Waals surface area (Å²) in [5.41, 5.74) is 2.86. The number of hydrazine groups is 1. The molecule has 0 saturated carbocycles. The normalized spacial score (nSPS) is 18.2. The van der Waals surface area contributed by atoms with Gasteiger partial charge in [-0.1, -0.05) is 27.2 Å². The van der Waals surface area contributed by atoms with Gasteiger partial charge in [0.15, 0.2) is 0 Å². The molecule has 0 fully saturated rings. The van der Waals surface area contributed by atoms with Crippen LogP contribution in [0.2, 0.25) is 0 Å². The molecule has 0 aliphatic carbocycles. The van der Waals surface area contributed by atoms with E-state index in [1.807, 2.05) is 0 Å². The fourth-order valence-electron chi connectivity index (χ4n) is 1.84. The van der Waals surface area contributed by atoms with Gasteiger partial charge >= 0.3 is 0 Å². The maximum Gasteiger partial charge on any atom is 0.0737 e. The van der Waals surface area contributed by atoms with Crippen LogP contribution in [0.4, 0.5) is 0 Å². The van der Waals surface area contributed by atoms with Gasteiger partial charge in [0.2, 0.25) is 0 Å². The lowest BCUT2D eigenvalue weighted by molar-refractivity contribution is 0.0457. The van der Waals surface area contributed by atoms with Gasteiger partial charge in [0.05, 0.1) is 6.10 Å². The Morgan fingerprint density at radius 2 is 2.00 bits per heavy atom. The van der Waals surface area contributed by atoms with Crippen LogP contribution in [-0.4, -0.2) is 19.3 Å². The standard InChI is InChI=1S/C10H24N2O/c1-5-7-8(3)10(12-11)9(6-2)13-4/h8-10,12H,5-7,11H2,1-4H3. The van der Waals surface area contributed by atoms with Crippen LogP contribution in [0.3, 0.4) is 0 Å². The Morgan fingerprint density at radius 1 is 1.38 bits per heavy atom. The zero-order chi connectivity index (χ0) is 10.3. The van der Waals surface area contributed by atoms with Gasteiger partial charge in [-0.05, 0) is 18.8 Å². The van der Waals surface area contributed by atoms with Gasteiger partial charge in [-0.3, -0.25) is 11.3 Å². The monoisotopic (exact) mass is 188 g/mol. The lowest BCUT2D eigenvalue weighted by Gasteiger charge is -2.29. The predicted molar refractivity (Wildman–Crippen MR) is 56.3 cm³/mol. The van der Waals surface area contributed by atoms with Crippen molar-refractivity contribution in [1.82, 2.24) is 5.43 Å². The number of hydrogen-bond acceptors (Lipinski definition) is 3. The molecule has 0 radical (unpaired) electrons. The Hall–Kier alpha value is -0.120. The van der Waals surface area contributed by atoms with Crippen molar-refractivity contribution in [2.24, 2.45) is 11.8 Å². The van der Waals surface area contributed by atoms with E-state index in [1.165, 1.54) is 12.8 Å². The van der Waals surface area contributed by atoms with Crippen molar-refractivity contribution in [2.45, 2.75) is 52.2 Å². The molecule has 3 nitrogen and oxygen atoms in total. The second kappa shape index (κ2) is 7.30. The first-order chi connectivity index (χ1) is 6.21. The van der Waals surface area contributed by atoms with Gasteiger partial charge in [0, 0.05) is 13.2 Å². The highest BCUT2D eigenvalue weighted by molar-refractivity contribution is 4.78. The summed E-state index contributed by atoms with van der Waals surface area (Å²) in [5.74, 6) is 6.10. The summed E-state index contributed by atoms with van der Waals surface area (Å²) in [6.07, 6.45) is 3.61. The van der Waals surface area contributed by atoms with Crippen molar-refractivity contribution in [3.8, 4) is 0 Å². The van der Waals surface area contributed by atoms with E-state index in [0.717, 1.165) is 6.42 Å². The molecule has 0 saturated heterocycles. The highest BCUT2D eigenvalue weighted by Crippen LogP contribution is 2.16. The molecule has 0 aromatic carbocycles. The first-order valence-electron chi connectivity index (χ1n) is 5.20. The Kier molecular flexibility index (Phi) is 7.23. The van der Waals surface area contributed by atoms with E-state index >= 15 is 0 Å². The van der Waals surface area contributed by atoms with E-state index in [0.29, 0.717) is 5.92 Å². The second-order valence-electron chi connectivity index (χ2n) is 3.64. The second-order valence-corrected chi connectivity index (χ2v) is 3.64. The maximum atomic E-state index is 5.53. The number of ether oxygens (including phenoxy) is 1. The molecule has 0 aromatic rings. The molecular formula is C10H24N2O. The van der Waals surface area contributed by atoms with Gasteiger partial charge in [-0.2, -0.15) is 0 Å². The van der Waals surface area contributed by atoms with E-state index in [9.17, 15) is 0 Å². The largest absolute Gasteiger partial charge is 0.380 e. The molecule has 3 N–H and O–H groups in total. The van der Waals surface area contributed by atoms with Crippen LogP contribution in [-0.2, 0) is 4.74 Å². The summed E-state index contributed by atoms with van der Waals surface area (Å²) in [4.78, 5) is 0. The van der Waals surface area contributed by atoms with Gasteiger partial charge in [-0.15, -0.1) is 0 Å². The van der Waals surface area contributed by atoms with Crippen molar-refractivity contribution in [3.05, 3.63) is 0 Å². The number of hydrogen-bond donors (Lipinski definition) is 2. The molecule has 0 aliphatic heterocycles. The average Bonchev–Trinajstić information content (AvgIpc) is 2.14. The van der Waals surface area contributed by atoms with Gasteiger partial charge in [0.1, 0.15) is 0 Å². The Balaban J connectivity index is 4.11. The summed E-state index contributed by atoms with van der Waals surface area (Å²) in [7, 11) is 1.75. The van der Waals surface area contributed by atoms with E-state index in [-0.39, 0.29) is 12.1 Å². The summed E-state index contributed by atoms with van der Waals surface area (Å²) in [6.45, 7) is 6.53. The topological polar surface area (TPSA) is 47.3 Å². The first-order valence-corrected chi connectivity index (χ1v) is 5.20. The molecule has 3 atom stereocenters. The van der Waals surface area contributed by atoms with Crippen molar-refractivity contribution < 1.29 is 4.74 Å². The quantitative estimate of drug-likeness (QED) is 0.472. The predicted octanol–water partition coefficient (Wildman–Crippen LogP) is 1.68. The third-order valence-electron chi connectivity index (χ3n) is 2.66. The van der Waals surface area contributed by atoms with Crippen LogP contribution < -0.4 is 11.3 Å². The SMILES string of the molecule is CCCC(C)C(NN)C(CC)OC. The minimum atomic E-state index is 0.228. The van der Waals surface area contributed by atoms with Crippen molar-refractivity contribution in [3.63, 3.8) is 0 Å². The number of nitrogens with two attached hydrogens (primary N) is 1. The Labute approximate surface area is 82.0 Å². The fourth-order valence-corrected chi connectivity index (χ4v) is 1.84. The molecule has 3 unspecified atom stereocenters. The smallest absolute Gasteiger partial charge is 0.0737 e. The molecule has 0 rings (SSSR count). The number of methoxy groups -OCH3 is 1. The minimum Gasteiger partial charge on any atom is -0.380 e. The third-order valence-corrected chi connectivity index (χ3v) is 2.66. The van der Waals surface area contributed by atoms with Crippen molar-refractivity contribution in [1.29, 1.82) is 0 Å².